The van der Waals surface area contributed by atoms with Crippen LogP contribution in [0.2, 0.25) is 0 Å². The predicted molar refractivity (Wildman–Crippen MR) is 108 cm³/mol. The Bertz CT molecular complexity index is 1030. The van der Waals surface area contributed by atoms with E-state index in [9.17, 15) is 14.4 Å². The summed E-state index contributed by atoms with van der Waals surface area (Å²) in [7, 11) is 0. The van der Waals surface area contributed by atoms with Crippen molar-refractivity contribution in [1.29, 1.82) is 0 Å². The van der Waals surface area contributed by atoms with E-state index in [4.69, 9.17) is 0 Å². The van der Waals surface area contributed by atoms with Crippen LogP contribution in [0.4, 0.5) is 5.82 Å². The normalized spacial score (nSPS) is 23.6. The largest absolute Gasteiger partial charge is 0.322 e. The smallest absolute Gasteiger partial charge is 0.257 e. The van der Waals surface area contributed by atoms with Crippen LogP contribution in [0.3, 0.4) is 0 Å². The maximum absolute atomic E-state index is 12.7. The topological polar surface area (TPSA) is 123 Å². The number of hydrogen-bond donors (Lipinski definition) is 3. The number of aryl methyl sites for hydroxylation is 2. The summed E-state index contributed by atoms with van der Waals surface area (Å²) in [6.45, 7) is 5.46. The summed E-state index contributed by atoms with van der Waals surface area (Å²) < 4.78 is 3.17. The van der Waals surface area contributed by atoms with Gasteiger partial charge in [0.2, 0.25) is 11.8 Å². The minimum atomic E-state index is -0.535. The first-order chi connectivity index (χ1) is 13.8. The molecule has 2 aromatic rings. The highest BCUT2D eigenvalue weighted by Gasteiger charge is 2.29. The van der Waals surface area contributed by atoms with Crippen LogP contribution in [0.5, 0.6) is 0 Å². The van der Waals surface area contributed by atoms with Gasteiger partial charge in [0.25, 0.3) is 5.56 Å². The molecule has 154 valence electrons. The van der Waals surface area contributed by atoms with E-state index >= 15 is 0 Å². The van der Waals surface area contributed by atoms with Crippen molar-refractivity contribution in [3.63, 3.8) is 0 Å². The van der Waals surface area contributed by atoms with Crippen molar-refractivity contribution in [1.82, 2.24) is 30.0 Å². The second kappa shape index (κ2) is 7.64. The fourth-order valence-corrected chi connectivity index (χ4v) is 4.68. The van der Waals surface area contributed by atoms with Gasteiger partial charge in [-0.25, -0.2) is 9.67 Å². The number of fused-ring (bicyclic) bond motifs is 1. The summed E-state index contributed by atoms with van der Waals surface area (Å²) in [6.07, 6.45) is 1.57. The zero-order valence-electron chi connectivity index (χ0n) is 16.4. The van der Waals surface area contributed by atoms with E-state index in [0.29, 0.717) is 34.4 Å². The molecule has 10 nitrogen and oxygen atoms in total. The summed E-state index contributed by atoms with van der Waals surface area (Å²) in [4.78, 5) is 41.4. The molecule has 29 heavy (non-hydrogen) atoms. The molecule has 3 N–H and O–H groups in total. The quantitative estimate of drug-likeness (QED) is 0.625. The highest BCUT2D eigenvalue weighted by atomic mass is 32.2. The first kappa shape index (κ1) is 19.6. The number of hydrogen-bond acceptors (Lipinski definition) is 7. The number of aromatic nitrogens is 4. The molecule has 2 amide bonds. The Labute approximate surface area is 171 Å². The number of carbonyl (C=O) groups excluding carboxylic acids is 2. The number of nitrogens with one attached hydrogen (secondary N) is 3. The van der Waals surface area contributed by atoms with Gasteiger partial charge in [0, 0.05) is 42.5 Å². The molecule has 0 radical (unpaired) electrons. The minimum Gasteiger partial charge on any atom is -0.322 e. The minimum absolute atomic E-state index is 0.00330. The summed E-state index contributed by atoms with van der Waals surface area (Å²) >= 11 is 1.47. The van der Waals surface area contributed by atoms with Crippen molar-refractivity contribution in [2.75, 3.05) is 11.1 Å². The van der Waals surface area contributed by atoms with E-state index in [-0.39, 0.29) is 35.9 Å². The Morgan fingerprint density at radius 1 is 1.38 bits per heavy atom. The Morgan fingerprint density at radius 2 is 2.17 bits per heavy atom. The summed E-state index contributed by atoms with van der Waals surface area (Å²) in [6, 6.07) is 1.50. The standard InChI is InChI=1S/C18H23N7O3S/c1-9-7-19-18-24(16(9)28)12(8-29-18)6-15(27)21-13-4-11(3)23-25(13)17-20-10(2)5-14(26)22-17/h4,7,10,12,17,20H,5-6,8H2,1-3H3,(H,21,27)(H,22,26). The van der Waals surface area contributed by atoms with Crippen LogP contribution in [0.1, 0.15) is 43.4 Å². The van der Waals surface area contributed by atoms with Gasteiger partial charge in [-0.05, 0) is 20.8 Å². The van der Waals surface area contributed by atoms with Gasteiger partial charge in [0.05, 0.1) is 11.7 Å². The predicted octanol–water partition coefficient (Wildman–Crippen LogP) is 0.686. The lowest BCUT2D eigenvalue weighted by molar-refractivity contribution is -0.125. The van der Waals surface area contributed by atoms with Gasteiger partial charge in [-0.2, -0.15) is 5.10 Å². The molecular weight excluding hydrogens is 394 g/mol. The monoisotopic (exact) mass is 417 g/mol. The number of nitrogens with zero attached hydrogens (tertiary/aromatic N) is 4. The van der Waals surface area contributed by atoms with Crippen molar-refractivity contribution < 1.29 is 9.59 Å². The van der Waals surface area contributed by atoms with Crippen LogP contribution in [-0.4, -0.2) is 42.9 Å². The molecule has 1 saturated heterocycles. The first-order valence-corrected chi connectivity index (χ1v) is 10.4. The fraction of sp³-hybridized carbons (Fsp3) is 0.500. The highest BCUT2D eigenvalue weighted by Crippen LogP contribution is 2.32. The number of thioether (sulfide) groups is 1. The third-order valence-corrected chi connectivity index (χ3v) is 6.04. The van der Waals surface area contributed by atoms with Crippen molar-refractivity contribution >= 4 is 29.4 Å². The van der Waals surface area contributed by atoms with E-state index in [2.05, 4.69) is 26.0 Å². The van der Waals surface area contributed by atoms with Crippen molar-refractivity contribution in [2.45, 2.75) is 57.1 Å². The molecule has 2 aromatic heterocycles. The third-order valence-electron chi connectivity index (χ3n) is 4.92. The molecule has 0 bridgehead atoms. The Morgan fingerprint density at radius 3 is 2.93 bits per heavy atom. The van der Waals surface area contributed by atoms with Crippen LogP contribution in [-0.2, 0) is 9.59 Å². The molecule has 4 heterocycles. The number of anilines is 1. The van der Waals surface area contributed by atoms with Crippen LogP contribution >= 0.6 is 11.8 Å². The molecule has 0 aliphatic carbocycles. The zero-order valence-corrected chi connectivity index (χ0v) is 17.2. The van der Waals surface area contributed by atoms with Crippen molar-refractivity contribution in [3.05, 3.63) is 33.9 Å². The summed E-state index contributed by atoms with van der Waals surface area (Å²) in [5, 5.41) is 14.0. The van der Waals surface area contributed by atoms with Crippen molar-refractivity contribution in [2.24, 2.45) is 0 Å². The summed E-state index contributed by atoms with van der Waals surface area (Å²) in [5.41, 5.74) is 1.16. The second-order valence-electron chi connectivity index (χ2n) is 7.47. The molecule has 11 heteroatoms. The Hall–Kier alpha value is -2.66. The maximum atomic E-state index is 12.7. The van der Waals surface area contributed by atoms with E-state index in [0.717, 1.165) is 0 Å². The van der Waals surface area contributed by atoms with Gasteiger partial charge in [-0.1, -0.05) is 11.8 Å². The molecule has 0 saturated carbocycles. The van der Waals surface area contributed by atoms with Gasteiger partial charge >= 0.3 is 0 Å². The molecular formula is C18H23N7O3S. The van der Waals surface area contributed by atoms with Gasteiger partial charge in [0.1, 0.15) is 5.82 Å². The lowest BCUT2D eigenvalue weighted by atomic mass is 10.2. The van der Waals surface area contributed by atoms with Crippen LogP contribution in [0.15, 0.2) is 22.2 Å². The average molecular weight is 417 g/mol. The molecule has 0 spiro atoms. The van der Waals surface area contributed by atoms with E-state index in [1.165, 1.54) is 11.8 Å². The Balaban J connectivity index is 1.50. The van der Waals surface area contributed by atoms with Crippen molar-refractivity contribution in [3.8, 4) is 0 Å². The second-order valence-corrected chi connectivity index (χ2v) is 8.46. The average Bonchev–Trinajstić information content (AvgIpc) is 3.21. The SMILES string of the molecule is Cc1cc(NC(=O)CC2CSc3ncc(C)c(=O)n32)n(C2NC(=O)CC(C)N2)n1. The number of carbonyl (C=O) groups is 2. The van der Waals surface area contributed by atoms with Gasteiger partial charge in [0.15, 0.2) is 11.4 Å². The molecule has 0 aromatic carbocycles. The molecule has 3 unspecified atom stereocenters. The van der Waals surface area contributed by atoms with E-state index < -0.39 is 6.29 Å². The van der Waals surface area contributed by atoms with Gasteiger partial charge in [-0.15, -0.1) is 0 Å². The molecule has 2 aliphatic rings. The van der Waals surface area contributed by atoms with Crippen LogP contribution < -0.4 is 21.5 Å². The van der Waals surface area contributed by atoms with E-state index in [1.54, 1.807) is 28.4 Å². The highest BCUT2D eigenvalue weighted by molar-refractivity contribution is 7.99. The first-order valence-electron chi connectivity index (χ1n) is 9.44. The maximum Gasteiger partial charge on any atom is 0.257 e. The molecule has 4 rings (SSSR count). The third kappa shape index (κ3) is 3.92. The number of amides is 2. The lowest BCUT2D eigenvalue weighted by Gasteiger charge is -2.30. The molecule has 1 fully saturated rings. The number of rotatable bonds is 4. The zero-order chi connectivity index (χ0) is 20.7. The molecule has 3 atom stereocenters. The summed E-state index contributed by atoms with van der Waals surface area (Å²) in [5.74, 6) is 0.802. The van der Waals surface area contributed by atoms with Gasteiger partial charge < -0.3 is 10.6 Å². The molecule has 2 aliphatic heterocycles. The van der Waals surface area contributed by atoms with Crippen LogP contribution in [0.25, 0.3) is 0 Å². The van der Waals surface area contributed by atoms with Gasteiger partial charge in [-0.3, -0.25) is 24.3 Å². The Kier molecular flexibility index (Phi) is 5.17. The van der Waals surface area contributed by atoms with Crippen LogP contribution in [0, 0.1) is 13.8 Å². The lowest BCUT2D eigenvalue weighted by Crippen LogP contribution is -2.52. The van der Waals surface area contributed by atoms with E-state index in [1.807, 2.05) is 13.8 Å². The fourth-order valence-electron chi connectivity index (χ4n) is 3.58.